The van der Waals surface area contributed by atoms with Crippen LogP contribution < -0.4 is 10.3 Å². The Kier molecular flexibility index (Phi) is 3.58. The van der Waals surface area contributed by atoms with E-state index < -0.39 is 17.8 Å². The van der Waals surface area contributed by atoms with Gasteiger partial charge in [-0.15, -0.1) is 24.8 Å². The number of aromatic nitrogens is 1. The van der Waals surface area contributed by atoms with Crippen molar-refractivity contribution in [3.8, 4) is 5.88 Å². The molecule has 16 heavy (non-hydrogen) atoms. The molecule has 0 aliphatic carbocycles. The van der Waals surface area contributed by atoms with Crippen LogP contribution in [0.1, 0.15) is 15.9 Å². The zero-order valence-electron chi connectivity index (χ0n) is 7.60. The summed E-state index contributed by atoms with van der Waals surface area (Å²) in [5, 5.41) is 0. The number of H-pyrrole nitrogens is 1. The standard InChI is InChI=1S/C8H5ClF3NO3/c9-2-5-4(3-14)1-6(13-7(5)15)16-8(10,11)12/h1,3H,2H2,(H,13,15). The first kappa shape index (κ1) is 12.6. The fraction of sp³-hybridized carbons (Fsp3) is 0.250. The molecule has 0 amide bonds. The molecule has 4 nitrogen and oxygen atoms in total. The highest BCUT2D eigenvalue weighted by atomic mass is 35.5. The number of hydrogen-bond donors (Lipinski definition) is 1. The van der Waals surface area contributed by atoms with Gasteiger partial charge in [0.2, 0.25) is 5.88 Å². The smallest absolute Gasteiger partial charge is 0.390 e. The molecule has 0 aliphatic heterocycles. The van der Waals surface area contributed by atoms with Crippen LogP contribution in [0.5, 0.6) is 5.88 Å². The van der Waals surface area contributed by atoms with Crippen LogP contribution >= 0.6 is 11.6 Å². The molecule has 0 aromatic carbocycles. The van der Waals surface area contributed by atoms with Gasteiger partial charge in [-0.05, 0) is 0 Å². The van der Waals surface area contributed by atoms with Gasteiger partial charge in [-0.2, -0.15) is 0 Å². The highest BCUT2D eigenvalue weighted by Crippen LogP contribution is 2.21. The van der Waals surface area contributed by atoms with E-state index in [1.807, 2.05) is 4.98 Å². The number of ether oxygens (including phenoxy) is 1. The van der Waals surface area contributed by atoms with Crippen molar-refractivity contribution in [2.75, 3.05) is 0 Å². The van der Waals surface area contributed by atoms with E-state index in [2.05, 4.69) is 4.74 Å². The fourth-order valence-corrected chi connectivity index (χ4v) is 1.28. The SMILES string of the molecule is O=Cc1cc(OC(F)(F)F)[nH]c(=O)c1CCl. The molecule has 88 valence electrons. The maximum atomic E-state index is 11.8. The molecule has 0 aliphatic rings. The molecule has 0 fully saturated rings. The molecule has 1 aromatic rings. The van der Waals surface area contributed by atoms with Crippen molar-refractivity contribution in [2.24, 2.45) is 0 Å². The van der Waals surface area contributed by atoms with Gasteiger partial charge >= 0.3 is 6.36 Å². The van der Waals surface area contributed by atoms with Crippen LogP contribution in [-0.4, -0.2) is 17.6 Å². The number of carbonyl (C=O) groups is 1. The molecule has 1 heterocycles. The van der Waals surface area contributed by atoms with Gasteiger partial charge in [-0.1, -0.05) is 0 Å². The maximum Gasteiger partial charge on any atom is 0.574 e. The van der Waals surface area contributed by atoms with Crippen LogP contribution in [0.15, 0.2) is 10.9 Å². The average molecular weight is 256 g/mol. The minimum atomic E-state index is -4.94. The largest absolute Gasteiger partial charge is 0.574 e. The summed E-state index contributed by atoms with van der Waals surface area (Å²) in [6.07, 6.45) is -4.71. The Morgan fingerprint density at radius 1 is 1.50 bits per heavy atom. The van der Waals surface area contributed by atoms with Crippen LogP contribution in [0.2, 0.25) is 0 Å². The molecule has 0 saturated heterocycles. The van der Waals surface area contributed by atoms with Crippen LogP contribution in [0, 0.1) is 0 Å². The van der Waals surface area contributed by atoms with Gasteiger partial charge in [-0.3, -0.25) is 14.6 Å². The molecule has 8 heteroatoms. The molecule has 1 rings (SSSR count). The lowest BCUT2D eigenvalue weighted by Crippen LogP contribution is -2.22. The second-order valence-electron chi connectivity index (χ2n) is 2.70. The molecule has 1 N–H and O–H groups in total. The van der Waals surface area contributed by atoms with E-state index in [0.717, 1.165) is 6.07 Å². The Morgan fingerprint density at radius 2 is 2.12 bits per heavy atom. The van der Waals surface area contributed by atoms with Crippen molar-refractivity contribution >= 4 is 17.9 Å². The number of hydrogen-bond acceptors (Lipinski definition) is 3. The second-order valence-corrected chi connectivity index (χ2v) is 2.96. The number of rotatable bonds is 3. The molecule has 0 unspecified atom stereocenters. The van der Waals surface area contributed by atoms with Crippen molar-refractivity contribution in [1.82, 2.24) is 4.98 Å². The Morgan fingerprint density at radius 3 is 2.56 bits per heavy atom. The van der Waals surface area contributed by atoms with Crippen molar-refractivity contribution < 1.29 is 22.7 Å². The van der Waals surface area contributed by atoms with Gasteiger partial charge in [-0.25, -0.2) is 0 Å². The highest BCUT2D eigenvalue weighted by molar-refractivity contribution is 6.17. The lowest BCUT2D eigenvalue weighted by Gasteiger charge is -2.09. The molecule has 0 spiro atoms. The average Bonchev–Trinajstić information content (AvgIpc) is 2.14. The van der Waals surface area contributed by atoms with E-state index in [4.69, 9.17) is 11.6 Å². The van der Waals surface area contributed by atoms with Gasteiger partial charge in [0.25, 0.3) is 5.56 Å². The van der Waals surface area contributed by atoms with E-state index in [1.165, 1.54) is 0 Å². The second kappa shape index (κ2) is 4.56. The number of aromatic amines is 1. The number of halogens is 4. The minimum Gasteiger partial charge on any atom is -0.390 e. The predicted molar refractivity (Wildman–Crippen MR) is 48.7 cm³/mol. The zero-order valence-corrected chi connectivity index (χ0v) is 8.35. The summed E-state index contributed by atoms with van der Waals surface area (Å²) in [7, 11) is 0. The van der Waals surface area contributed by atoms with Gasteiger partial charge in [0, 0.05) is 17.2 Å². The van der Waals surface area contributed by atoms with Crippen molar-refractivity contribution in [1.29, 1.82) is 0 Å². The first-order valence-corrected chi connectivity index (χ1v) is 4.44. The number of aldehydes is 1. The monoisotopic (exact) mass is 255 g/mol. The molecular weight excluding hydrogens is 251 g/mol. The summed E-state index contributed by atoms with van der Waals surface area (Å²) in [5.41, 5.74) is -1.23. The van der Waals surface area contributed by atoms with Crippen LogP contribution in [0.3, 0.4) is 0 Å². The van der Waals surface area contributed by atoms with Gasteiger partial charge in [0.05, 0.1) is 5.88 Å². The Hall–Kier alpha value is -1.50. The minimum absolute atomic E-state index is 0.105. The maximum absolute atomic E-state index is 11.8. The highest BCUT2D eigenvalue weighted by Gasteiger charge is 2.32. The summed E-state index contributed by atoms with van der Waals surface area (Å²) in [6.45, 7) is 0. The first-order valence-electron chi connectivity index (χ1n) is 3.90. The van der Waals surface area contributed by atoms with Crippen molar-refractivity contribution in [3.05, 3.63) is 27.5 Å². The normalized spacial score (nSPS) is 11.2. The quantitative estimate of drug-likeness (QED) is 0.662. The van der Waals surface area contributed by atoms with E-state index in [9.17, 15) is 22.8 Å². The summed E-state index contributed by atoms with van der Waals surface area (Å²) in [6, 6.07) is 0.763. The van der Waals surface area contributed by atoms with E-state index in [0.29, 0.717) is 0 Å². The lowest BCUT2D eigenvalue weighted by molar-refractivity contribution is -0.276. The Labute approximate surface area is 92.0 Å². The predicted octanol–water partition coefficient (Wildman–Crippen LogP) is 1.82. The number of alkyl halides is 4. The summed E-state index contributed by atoms with van der Waals surface area (Å²) < 4.78 is 39.0. The molecule has 0 bridgehead atoms. The van der Waals surface area contributed by atoms with E-state index >= 15 is 0 Å². The Bertz CT molecular complexity index is 455. The van der Waals surface area contributed by atoms with Crippen LogP contribution in [-0.2, 0) is 5.88 Å². The van der Waals surface area contributed by atoms with Gasteiger partial charge < -0.3 is 4.74 Å². The fourth-order valence-electron chi connectivity index (χ4n) is 1.01. The van der Waals surface area contributed by atoms with Crippen molar-refractivity contribution in [3.63, 3.8) is 0 Å². The van der Waals surface area contributed by atoms with E-state index in [-0.39, 0.29) is 23.3 Å². The molecule has 0 atom stereocenters. The topological polar surface area (TPSA) is 59.2 Å². The van der Waals surface area contributed by atoms with Crippen LogP contribution in [0.25, 0.3) is 0 Å². The molecule has 0 saturated carbocycles. The third-order valence-corrected chi connectivity index (χ3v) is 1.90. The Balaban J connectivity index is 3.21. The third kappa shape index (κ3) is 2.99. The van der Waals surface area contributed by atoms with Gasteiger partial charge in [0.1, 0.15) is 0 Å². The zero-order chi connectivity index (χ0) is 12.3. The van der Waals surface area contributed by atoms with Crippen LogP contribution in [0.4, 0.5) is 13.2 Å². The molecular formula is C8H5ClF3NO3. The van der Waals surface area contributed by atoms with Gasteiger partial charge in [0.15, 0.2) is 6.29 Å². The lowest BCUT2D eigenvalue weighted by atomic mass is 10.2. The number of nitrogens with one attached hydrogen (secondary N) is 1. The first-order chi connectivity index (χ1) is 7.37. The third-order valence-electron chi connectivity index (χ3n) is 1.63. The summed E-state index contributed by atoms with van der Waals surface area (Å²) in [5.74, 6) is -1.14. The molecule has 1 aromatic heterocycles. The summed E-state index contributed by atoms with van der Waals surface area (Å²) in [4.78, 5) is 23.5. The number of pyridine rings is 1. The van der Waals surface area contributed by atoms with Crippen molar-refractivity contribution in [2.45, 2.75) is 12.2 Å². The molecule has 0 radical (unpaired) electrons. The number of carbonyl (C=O) groups excluding carboxylic acids is 1. The summed E-state index contributed by atoms with van der Waals surface area (Å²) >= 11 is 5.36. The van der Waals surface area contributed by atoms with E-state index in [1.54, 1.807) is 0 Å².